The van der Waals surface area contributed by atoms with Crippen molar-refractivity contribution in [2.75, 3.05) is 20.2 Å². The highest BCUT2D eigenvalue weighted by atomic mass is 16.5. The summed E-state index contributed by atoms with van der Waals surface area (Å²) in [6.45, 7) is 6.51. The zero-order chi connectivity index (χ0) is 17.5. The third-order valence-electron chi connectivity index (χ3n) is 3.36. The number of hydrogen-bond donors (Lipinski definition) is 2. The maximum absolute atomic E-state index is 11.6. The van der Waals surface area contributed by atoms with Gasteiger partial charge in [0.05, 0.1) is 7.11 Å². The van der Waals surface area contributed by atoms with Gasteiger partial charge in [-0.25, -0.2) is 0 Å². The number of unbranched alkanes of at least 4 members (excludes halogenated alkanes) is 4. The number of carbonyl (C=O) groups excluding carboxylic acids is 3. The van der Waals surface area contributed by atoms with E-state index in [-0.39, 0.29) is 17.8 Å². The fourth-order valence-corrected chi connectivity index (χ4v) is 1.93. The smallest absolute Gasteiger partial charge is 0.305 e. The topological polar surface area (TPSA) is 84.5 Å². The third kappa shape index (κ3) is 13.5. The second-order valence-corrected chi connectivity index (χ2v) is 5.58. The Labute approximate surface area is 139 Å². The lowest BCUT2D eigenvalue weighted by Gasteiger charge is -2.06. The molecule has 0 aromatic rings. The average Bonchev–Trinajstić information content (AvgIpc) is 2.53. The molecule has 0 aromatic heterocycles. The lowest BCUT2D eigenvalue weighted by atomic mass is 10.1. The van der Waals surface area contributed by atoms with E-state index < -0.39 is 0 Å². The Morgan fingerprint density at radius 2 is 1.43 bits per heavy atom. The summed E-state index contributed by atoms with van der Waals surface area (Å²) in [5.41, 5.74) is 0.510. The molecule has 0 saturated heterocycles. The summed E-state index contributed by atoms with van der Waals surface area (Å²) in [5.74, 6) is -0.243. The number of rotatable bonds is 13. The van der Waals surface area contributed by atoms with Crippen LogP contribution in [0.5, 0.6) is 0 Å². The lowest BCUT2D eigenvalue weighted by molar-refractivity contribution is -0.140. The summed E-state index contributed by atoms with van der Waals surface area (Å²) < 4.78 is 4.56. The van der Waals surface area contributed by atoms with E-state index in [0.717, 1.165) is 38.5 Å². The van der Waals surface area contributed by atoms with Crippen molar-refractivity contribution in [3.05, 3.63) is 12.2 Å². The molecule has 0 aliphatic rings. The van der Waals surface area contributed by atoms with Crippen molar-refractivity contribution in [2.45, 2.75) is 58.3 Å². The van der Waals surface area contributed by atoms with Crippen molar-refractivity contribution in [1.82, 2.24) is 10.6 Å². The predicted molar refractivity (Wildman–Crippen MR) is 89.8 cm³/mol. The van der Waals surface area contributed by atoms with E-state index >= 15 is 0 Å². The van der Waals surface area contributed by atoms with Crippen LogP contribution in [0, 0.1) is 0 Å². The Balaban J connectivity index is 3.36. The Bertz CT molecular complexity index is 394. The molecule has 0 fully saturated rings. The van der Waals surface area contributed by atoms with E-state index in [9.17, 15) is 14.4 Å². The molecule has 2 N–H and O–H groups in total. The number of hydrogen-bond acceptors (Lipinski definition) is 4. The van der Waals surface area contributed by atoms with Crippen LogP contribution in [0.2, 0.25) is 0 Å². The van der Waals surface area contributed by atoms with Crippen molar-refractivity contribution >= 4 is 17.8 Å². The van der Waals surface area contributed by atoms with Gasteiger partial charge in [-0.1, -0.05) is 19.4 Å². The van der Waals surface area contributed by atoms with E-state index in [4.69, 9.17) is 0 Å². The molecule has 0 bridgehead atoms. The number of amides is 2. The number of methoxy groups -OCH3 is 1. The largest absolute Gasteiger partial charge is 0.469 e. The highest BCUT2D eigenvalue weighted by Crippen LogP contribution is 2.02. The van der Waals surface area contributed by atoms with E-state index in [1.807, 2.05) is 0 Å². The van der Waals surface area contributed by atoms with Gasteiger partial charge in [-0.3, -0.25) is 14.4 Å². The van der Waals surface area contributed by atoms with Crippen LogP contribution in [0.1, 0.15) is 58.3 Å². The molecule has 0 aromatic carbocycles. The summed E-state index contributed by atoms with van der Waals surface area (Å²) in [6, 6.07) is 0. The Morgan fingerprint density at radius 3 is 2.00 bits per heavy atom. The second-order valence-electron chi connectivity index (χ2n) is 5.58. The third-order valence-corrected chi connectivity index (χ3v) is 3.36. The molecule has 2 amide bonds. The molecular weight excluding hydrogens is 296 g/mol. The maximum Gasteiger partial charge on any atom is 0.305 e. The van der Waals surface area contributed by atoms with E-state index in [1.165, 1.54) is 7.11 Å². The summed E-state index contributed by atoms with van der Waals surface area (Å²) in [7, 11) is 1.39. The zero-order valence-electron chi connectivity index (χ0n) is 14.4. The van der Waals surface area contributed by atoms with Gasteiger partial charge >= 0.3 is 5.97 Å². The van der Waals surface area contributed by atoms with Gasteiger partial charge in [0.1, 0.15) is 0 Å². The molecule has 0 atom stereocenters. The Hall–Kier alpha value is -1.85. The molecule has 0 saturated carbocycles. The molecule has 6 heteroatoms. The highest BCUT2D eigenvalue weighted by Gasteiger charge is 2.03. The molecule has 132 valence electrons. The monoisotopic (exact) mass is 326 g/mol. The van der Waals surface area contributed by atoms with Gasteiger partial charge in [0, 0.05) is 31.5 Å². The number of nitrogens with one attached hydrogen (secondary N) is 2. The van der Waals surface area contributed by atoms with Gasteiger partial charge in [-0.05, 0) is 32.6 Å². The first-order valence-corrected chi connectivity index (χ1v) is 8.24. The minimum Gasteiger partial charge on any atom is -0.469 e. The van der Waals surface area contributed by atoms with Crippen LogP contribution >= 0.6 is 0 Å². The standard InChI is InChI=1S/C17H30N2O4/c1-14(2)17(22)19-13-9-4-6-10-15(20)18-12-8-5-7-11-16(21)23-3/h1,4-13H2,2-3H3,(H,18,20)(H,19,22). The minimum atomic E-state index is -0.187. The molecule has 0 aliphatic carbocycles. The van der Waals surface area contributed by atoms with Crippen molar-refractivity contribution in [2.24, 2.45) is 0 Å². The first kappa shape index (κ1) is 21.1. The molecule has 0 spiro atoms. The van der Waals surface area contributed by atoms with Gasteiger partial charge in [-0.2, -0.15) is 0 Å². The number of carbonyl (C=O) groups is 3. The molecule has 0 heterocycles. The van der Waals surface area contributed by atoms with Crippen molar-refractivity contribution < 1.29 is 19.1 Å². The van der Waals surface area contributed by atoms with Crippen LogP contribution < -0.4 is 10.6 Å². The van der Waals surface area contributed by atoms with Crippen LogP contribution in [0.3, 0.4) is 0 Å². The maximum atomic E-state index is 11.6. The second kappa shape index (κ2) is 13.8. The fourth-order valence-electron chi connectivity index (χ4n) is 1.93. The van der Waals surface area contributed by atoms with E-state index in [2.05, 4.69) is 21.9 Å². The molecule has 23 heavy (non-hydrogen) atoms. The SMILES string of the molecule is C=C(C)C(=O)NCCCCCC(=O)NCCCCCC(=O)OC. The van der Waals surface area contributed by atoms with Gasteiger partial charge in [-0.15, -0.1) is 0 Å². The summed E-state index contributed by atoms with van der Waals surface area (Å²) in [4.78, 5) is 33.7. The first-order chi connectivity index (χ1) is 11.0. The molecule has 0 aliphatic heterocycles. The van der Waals surface area contributed by atoms with Crippen LogP contribution in [0.4, 0.5) is 0 Å². The number of esters is 1. The minimum absolute atomic E-state index is 0.0592. The summed E-state index contributed by atoms with van der Waals surface area (Å²) >= 11 is 0. The van der Waals surface area contributed by atoms with Crippen LogP contribution in [-0.4, -0.2) is 38.0 Å². The quantitative estimate of drug-likeness (QED) is 0.308. The zero-order valence-corrected chi connectivity index (χ0v) is 14.4. The van der Waals surface area contributed by atoms with Gasteiger partial charge in [0.15, 0.2) is 0 Å². The lowest BCUT2D eigenvalue weighted by Crippen LogP contribution is -2.25. The van der Waals surface area contributed by atoms with Crippen molar-refractivity contribution in [3.8, 4) is 0 Å². The van der Waals surface area contributed by atoms with Crippen molar-refractivity contribution in [1.29, 1.82) is 0 Å². The Morgan fingerprint density at radius 1 is 0.870 bits per heavy atom. The van der Waals surface area contributed by atoms with E-state index in [1.54, 1.807) is 6.92 Å². The Kier molecular flexibility index (Phi) is 12.7. The normalized spacial score (nSPS) is 10.0. The van der Waals surface area contributed by atoms with Gasteiger partial charge in [0.2, 0.25) is 11.8 Å². The predicted octanol–water partition coefficient (Wildman–Crippen LogP) is 2.09. The molecular formula is C17H30N2O4. The van der Waals surface area contributed by atoms with Crippen LogP contribution in [0.25, 0.3) is 0 Å². The van der Waals surface area contributed by atoms with Crippen LogP contribution in [-0.2, 0) is 19.1 Å². The molecule has 0 radical (unpaired) electrons. The molecule has 6 nitrogen and oxygen atoms in total. The molecule has 0 unspecified atom stereocenters. The average molecular weight is 326 g/mol. The fraction of sp³-hybridized carbons (Fsp3) is 0.706. The van der Waals surface area contributed by atoms with Crippen molar-refractivity contribution in [3.63, 3.8) is 0 Å². The highest BCUT2D eigenvalue weighted by molar-refractivity contribution is 5.92. The van der Waals surface area contributed by atoms with Crippen LogP contribution in [0.15, 0.2) is 12.2 Å². The van der Waals surface area contributed by atoms with E-state index in [0.29, 0.717) is 31.5 Å². The van der Waals surface area contributed by atoms with Gasteiger partial charge in [0.25, 0.3) is 0 Å². The molecule has 0 rings (SSSR count). The van der Waals surface area contributed by atoms with Gasteiger partial charge < -0.3 is 15.4 Å². The first-order valence-electron chi connectivity index (χ1n) is 8.24. The summed E-state index contributed by atoms with van der Waals surface area (Å²) in [5, 5.41) is 5.64. The number of ether oxygens (including phenoxy) is 1. The summed E-state index contributed by atoms with van der Waals surface area (Å²) in [6.07, 6.45) is 6.09.